The normalized spacial score (nSPS) is 20.6. The summed E-state index contributed by atoms with van der Waals surface area (Å²) in [6.07, 6.45) is 0.432. The van der Waals surface area contributed by atoms with E-state index in [1.54, 1.807) is 7.05 Å². The smallest absolute Gasteiger partial charge is 0.352 e. The number of benzene rings is 1. The molecule has 10 nitrogen and oxygen atoms in total. The predicted octanol–water partition coefficient (Wildman–Crippen LogP) is 0.631. The first-order chi connectivity index (χ1) is 14.4. The minimum absolute atomic E-state index is 0.0670. The van der Waals surface area contributed by atoms with Gasteiger partial charge in [-0.2, -0.15) is 0 Å². The van der Waals surface area contributed by atoms with Gasteiger partial charge in [-0.15, -0.1) is 16.9 Å². The van der Waals surface area contributed by atoms with E-state index in [9.17, 15) is 19.5 Å². The van der Waals surface area contributed by atoms with E-state index in [0.29, 0.717) is 10.7 Å². The lowest BCUT2D eigenvalue weighted by Gasteiger charge is -2.46. The summed E-state index contributed by atoms with van der Waals surface area (Å²) in [6.45, 7) is 0. The maximum atomic E-state index is 12.6. The molecule has 0 saturated carbocycles. The third kappa shape index (κ3) is 4.05. The lowest BCUT2D eigenvalue weighted by Crippen LogP contribution is -2.57. The van der Waals surface area contributed by atoms with Crippen LogP contribution >= 0.6 is 23.5 Å². The molecule has 0 spiro atoms. The molecule has 1 unspecified atom stereocenters. The quantitative estimate of drug-likeness (QED) is 0.464. The standard InChI is InChI=1S/C18H18N6O4S2/c1-23-18(20-21-22-23)29-9-11-15(17(27)28)24-13(26)8-14(24)30-16(11)19-12(25)7-10-5-3-2-4-6-10/h2-6,14,16H,7-9H2,1H3,(H,19,25)(H,27,28)/t14-,16?/m1/s1. The number of fused-ring (bicyclic) bond motifs is 1. The molecule has 2 N–H and O–H groups in total. The number of hydrogen-bond donors (Lipinski definition) is 2. The Morgan fingerprint density at radius 3 is 2.73 bits per heavy atom. The Labute approximate surface area is 180 Å². The monoisotopic (exact) mass is 446 g/mol. The Kier molecular flexibility index (Phi) is 5.77. The van der Waals surface area contributed by atoms with Crippen molar-refractivity contribution in [3.63, 3.8) is 0 Å². The molecule has 2 aliphatic rings. The number of nitrogens with zero attached hydrogens (tertiary/aromatic N) is 5. The second kappa shape index (κ2) is 8.48. The molecule has 1 saturated heterocycles. The highest BCUT2D eigenvalue weighted by molar-refractivity contribution is 8.01. The van der Waals surface area contributed by atoms with Gasteiger partial charge < -0.3 is 10.4 Å². The van der Waals surface area contributed by atoms with Gasteiger partial charge in [0.1, 0.15) is 11.1 Å². The molecule has 12 heteroatoms. The number of rotatable bonds is 7. The van der Waals surface area contributed by atoms with Crippen LogP contribution in [0.5, 0.6) is 0 Å². The first-order valence-corrected chi connectivity index (χ1v) is 11.0. The minimum Gasteiger partial charge on any atom is -0.477 e. The van der Waals surface area contributed by atoms with Crippen molar-refractivity contribution in [3.05, 3.63) is 47.2 Å². The molecular formula is C18H18N6O4S2. The summed E-state index contributed by atoms with van der Waals surface area (Å²) >= 11 is 2.62. The molecule has 3 heterocycles. The van der Waals surface area contributed by atoms with Crippen LogP contribution in [0.3, 0.4) is 0 Å². The molecule has 0 radical (unpaired) electrons. The lowest BCUT2D eigenvalue weighted by atomic mass is 10.1. The van der Waals surface area contributed by atoms with Gasteiger partial charge in [0.05, 0.1) is 18.2 Å². The van der Waals surface area contributed by atoms with Gasteiger partial charge in [-0.3, -0.25) is 14.5 Å². The number of carboxylic acids is 1. The highest BCUT2D eigenvalue weighted by atomic mass is 32.2. The van der Waals surface area contributed by atoms with Crippen LogP contribution in [0.4, 0.5) is 0 Å². The largest absolute Gasteiger partial charge is 0.477 e. The molecule has 1 aromatic heterocycles. The van der Waals surface area contributed by atoms with E-state index in [1.165, 1.54) is 33.1 Å². The number of amides is 2. The lowest BCUT2D eigenvalue weighted by molar-refractivity contribution is -0.146. The highest BCUT2D eigenvalue weighted by Crippen LogP contribution is 2.44. The number of nitrogens with one attached hydrogen (secondary N) is 1. The van der Waals surface area contributed by atoms with Gasteiger partial charge in [-0.05, 0) is 16.0 Å². The number of aryl methyl sites for hydroxylation is 1. The van der Waals surface area contributed by atoms with Crippen LogP contribution in [0.2, 0.25) is 0 Å². The topological polar surface area (TPSA) is 130 Å². The highest BCUT2D eigenvalue weighted by Gasteiger charge is 2.48. The Bertz CT molecular complexity index is 1020. The zero-order valence-electron chi connectivity index (χ0n) is 15.9. The van der Waals surface area contributed by atoms with Gasteiger partial charge in [0.2, 0.25) is 17.0 Å². The third-order valence-corrected chi connectivity index (χ3v) is 7.13. The summed E-state index contributed by atoms with van der Waals surface area (Å²) in [5, 5.41) is 23.6. The van der Waals surface area contributed by atoms with Crippen LogP contribution < -0.4 is 5.32 Å². The minimum atomic E-state index is -1.19. The average Bonchev–Trinajstić information content (AvgIpc) is 3.11. The Balaban J connectivity index is 1.58. The summed E-state index contributed by atoms with van der Waals surface area (Å²) in [7, 11) is 1.68. The van der Waals surface area contributed by atoms with E-state index in [1.807, 2.05) is 30.3 Å². The number of aromatic nitrogens is 4. The molecule has 0 aliphatic carbocycles. The van der Waals surface area contributed by atoms with Crippen molar-refractivity contribution in [1.82, 2.24) is 30.4 Å². The summed E-state index contributed by atoms with van der Waals surface area (Å²) in [4.78, 5) is 38.0. The first-order valence-electron chi connectivity index (χ1n) is 9.06. The maximum Gasteiger partial charge on any atom is 0.352 e. The number of hydrogen-bond acceptors (Lipinski definition) is 8. The Morgan fingerprint density at radius 2 is 2.10 bits per heavy atom. The number of β-lactam (4-membered cyclic amide) rings is 1. The van der Waals surface area contributed by atoms with E-state index in [-0.39, 0.29) is 41.5 Å². The first kappa shape index (κ1) is 20.4. The zero-order chi connectivity index (χ0) is 21.3. The van der Waals surface area contributed by atoms with Crippen LogP contribution in [-0.4, -0.2) is 64.5 Å². The Morgan fingerprint density at radius 1 is 1.33 bits per heavy atom. The number of carboxylic acid groups (broad SMARTS) is 1. The van der Waals surface area contributed by atoms with Crippen molar-refractivity contribution in [3.8, 4) is 0 Å². The molecular weight excluding hydrogens is 428 g/mol. The van der Waals surface area contributed by atoms with Crippen molar-refractivity contribution in [1.29, 1.82) is 0 Å². The molecule has 2 aromatic rings. The molecule has 156 valence electrons. The molecule has 1 aromatic carbocycles. The molecule has 1 fully saturated rings. The van der Waals surface area contributed by atoms with Gasteiger partial charge in [0, 0.05) is 18.4 Å². The molecule has 4 rings (SSSR count). The van der Waals surface area contributed by atoms with Crippen LogP contribution in [-0.2, 0) is 27.9 Å². The Hall–Kier alpha value is -2.86. The van der Waals surface area contributed by atoms with Crippen molar-refractivity contribution < 1.29 is 19.5 Å². The van der Waals surface area contributed by atoms with Crippen LogP contribution in [0, 0.1) is 0 Å². The zero-order valence-corrected chi connectivity index (χ0v) is 17.5. The van der Waals surface area contributed by atoms with Gasteiger partial charge in [0.25, 0.3) is 0 Å². The molecule has 30 heavy (non-hydrogen) atoms. The van der Waals surface area contributed by atoms with Crippen molar-refractivity contribution in [2.24, 2.45) is 7.05 Å². The summed E-state index contributed by atoms with van der Waals surface area (Å²) in [5.41, 5.74) is 1.24. The summed E-state index contributed by atoms with van der Waals surface area (Å²) < 4.78 is 1.47. The van der Waals surface area contributed by atoms with E-state index in [2.05, 4.69) is 20.8 Å². The van der Waals surface area contributed by atoms with Crippen LogP contribution in [0.15, 0.2) is 46.8 Å². The summed E-state index contributed by atoms with van der Waals surface area (Å²) in [5.74, 6) is -1.43. The molecule has 2 aliphatic heterocycles. The van der Waals surface area contributed by atoms with E-state index >= 15 is 0 Å². The summed E-state index contributed by atoms with van der Waals surface area (Å²) in [6, 6.07) is 9.30. The van der Waals surface area contributed by atoms with Crippen molar-refractivity contribution >= 4 is 41.3 Å². The number of aliphatic carboxylic acids is 1. The van der Waals surface area contributed by atoms with Gasteiger partial charge in [-0.1, -0.05) is 42.1 Å². The van der Waals surface area contributed by atoms with Crippen molar-refractivity contribution in [2.75, 3.05) is 5.75 Å². The fourth-order valence-electron chi connectivity index (χ4n) is 3.25. The van der Waals surface area contributed by atoms with Crippen LogP contribution in [0.25, 0.3) is 0 Å². The van der Waals surface area contributed by atoms with E-state index in [4.69, 9.17) is 0 Å². The number of tetrazole rings is 1. The maximum absolute atomic E-state index is 12.6. The molecule has 2 amide bonds. The molecule has 0 bridgehead atoms. The predicted molar refractivity (Wildman–Crippen MR) is 109 cm³/mol. The number of carbonyl (C=O) groups is 3. The number of carbonyl (C=O) groups excluding carboxylic acids is 2. The van der Waals surface area contributed by atoms with Crippen molar-refractivity contribution in [2.45, 2.75) is 28.7 Å². The fraction of sp³-hybridized carbons (Fsp3) is 0.333. The van der Waals surface area contributed by atoms with Gasteiger partial charge in [-0.25, -0.2) is 9.48 Å². The van der Waals surface area contributed by atoms with Gasteiger partial charge >= 0.3 is 5.97 Å². The number of thioether (sulfide) groups is 2. The SMILES string of the molecule is Cn1nnnc1SCC1=C(C(=O)O)N2C(=O)C[C@H]2SC1NC(=O)Cc1ccccc1. The van der Waals surface area contributed by atoms with Crippen LogP contribution in [0.1, 0.15) is 12.0 Å². The molecule has 2 atom stereocenters. The van der Waals surface area contributed by atoms with E-state index < -0.39 is 11.3 Å². The second-order valence-electron chi connectivity index (χ2n) is 6.72. The fourth-order valence-corrected chi connectivity index (χ4v) is 5.72. The van der Waals surface area contributed by atoms with E-state index in [0.717, 1.165) is 5.56 Å². The third-order valence-electron chi connectivity index (χ3n) is 4.70. The average molecular weight is 447 g/mol. The second-order valence-corrected chi connectivity index (χ2v) is 8.95. The van der Waals surface area contributed by atoms with Gasteiger partial charge in [0.15, 0.2) is 0 Å².